The summed E-state index contributed by atoms with van der Waals surface area (Å²) in [5.74, 6) is 0.414. The molecule has 0 radical (unpaired) electrons. The first kappa shape index (κ1) is 5.80. The molecule has 0 aliphatic rings. The molecule has 1 nitrogen and oxygen atoms in total. The molecule has 0 heterocycles. The molecule has 0 fully saturated rings. The van der Waals surface area contributed by atoms with Gasteiger partial charge in [-0.05, 0) is 19.2 Å². The summed E-state index contributed by atoms with van der Waals surface area (Å²) in [6, 6.07) is 0. The maximum Gasteiger partial charge on any atom is 0.129 e. The summed E-state index contributed by atoms with van der Waals surface area (Å²) >= 11 is 0. The van der Waals surface area contributed by atoms with Crippen molar-refractivity contribution in [1.82, 2.24) is 0 Å². The van der Waals surface area contributed by atoms with Crippen LogP contribution in [-0.4, -0.2) is 5.78 Å². The topological polar surface area (TPSA) is 17.1 Å². The lowest BCUT2D eigenvalue weighted by Crippen LogP contribution is -1.93. The number of rotatable bonds is 3. The second-order valence-electron chi connectivity index (χ2n) is 2.39. The smallest absolute Gasteiger partial charge is 0.129 e. The third-order valence-corrected chi connectivity index (χ3v) is 0.877. The Balaban J connectivity index is 3.50. The van der Waals surface area contributed by atoms with Crippen molar-refractivity contribution in [2.24, 2.45) is 5.92 Å². The van der Waals surface area contributed by atoms with Crippen molar-refractivity contribution in [3.05, 3.63) is 0 Å². The van der Waals surface area contributed by atoms with Gasteiger partial charge in [-0.15, -0.1) is 0 Å². The fourth-order valence-electron chi connectivity index (χ4n) is 0.402. The Hall–Kier alpha value is -0.330. The van der Waals surface area contributed by atoms with Crippen LogP contribution in [0, 0.1) is 5.92 Å². The summed E-state index contributed by atoms with van der Waals surface area (Å²) in [6.45, 7) is 5.45. The molecule has 0 spiro atoms. The normalized spacial score (nSPS) is 15.8. The number of Topliss-reactive ketones (excluding diaryl/α,β-unsaturated/α-hetero) is 1. The highest BCUT2D eigenvalue weighted by Gasteiger charge is 1.95. The van der Waals surface area contributed by atoms with Crippen molar-refractivity contribution >= 4 is 5.78 Å². The molecule has 0 aromatic rings. The van der Waals surface area contributed by atoms with Gasteiger partial charge < -0.3 is 4.79 Å². The Morgan fingerprint density at radius 1 is 1.75 bits per heavy atom. The highest BCUT2D eigenvalue weighted by atomic mass is 16.1. The van der Waals surface area contributed by atoms with Crippen molar-refractivity contribution in [3.63, 3.8) is 0 Å². The van der Waals surface area contributed by atoms with Gasteiger partial charge in [-0.1, -0.05) is 13.8 Å². The van der Waals surface area contributed by atoms with Crippen molar-refractivity contribution in [3.8, 4) is 0 Å². The van der Waals surface area contributed by atoms with E-state index in [0.29, 0.717) is 12.3 Å². The summed E-state index contributed by atoms with van der Waals surface area (Å²) in [5, 5.41) is 0. The fourth-order valence-corrected chi connectivity index (χ4v) is 0.402. The van der Waals surface area contributed by atoms with Gasteiger partial charge in [0.25, 0.3) is 0 Å². The summed E-state index contributed by atoms with van der Waals surface area (Å²) in [6.07, 6.45) is 0.194. The molecule has 48 valence electrons. The molecule has 0 saturated heterocycles. The molecule has 1 atom stereocenters. The van der Waals surface area contributed by atoms with E-state index in [9.17, 15) is 4.79 Å². The zero-order chi connectivity index (χ0) is 7.44. The van der Waals surface area contributed by atoms with E-state index in [1.165, 1.54) is 6.92 Å². The van der Waals surface area contributed by atoms with Gasteiger partial charge in [0.1, 0.15) is 5.78 Å². The summed E-state index contributed by atoms with van der Waals surface area (Å²) in [7, 11) is 0. The van der Waals surface area contributed by atoms with Gasteiger partial charge in [0.15, 0.2) is 0 Å². The largest absolute Gasteiger partial charge is 0.300 e. The fraction of sp³-hybridized carbons (Fsp3) is 0.857. The van der Waals surface area contributed by atoms with E-state index < -0.39 is 0 Å². The predicted molar refractivity (Wildman–Crippen MR) is 34.8 cm³/mol. The van der Waals surface area contributed by atoms with Gasteiger partial charge in [-0.3, -0.25) is 0 Å². The first-order valence-corrected chi connectivity index (χ1v) is 2.95. The zero-order valence-corrected chi connectivity index (χ0v) is 5.77. The molecule has 0 aromatic heterocycles. The van der Waals surface area contributed by atoms with Crippen molar-refractivity contribution in [2.45, 2.75) is 33.6 Å². The number of carbonyl (C=O) groups is 1. The van der Waals surface area contributed by atoms with Gasteiger partial charge in [-0.25, -0.2) is 0 Å². The van der Waals surface area contributed by atoms with Gasteiger partial charge in [0, 0.05) is 7.79 Å². The lowest BCUT2D eigenvalue weighted by atomic mass is 10.1. The third-order valence-electron chi connectivity index (χ3n) is 0.877. The van der Waals surface area contributed by atoms with Crippen LogP contribution in [0.2, 0.25) is 0 Å². The lowest BCUT2D eigenvalue weighted by molar-refractivity contribution is -0.117. The van der Waals surface area contributed by atoms with Gasteiger partial charge in [0.05, 0.1) is 0 Å². The Bertz CT molecular complexity index is 99.1. The molecule has 0 saturated carbocycles. The van der Waals surface area contributed by atoms with Crippen LogP contribution < -0.4 is 0 Å². The molecular formula is C7H14O. The first-order chi connectivity index (χ1) is 4.04. The molecular weight excluding hydrogens is 100 g/mol. The number of hydrogen-bond acceptors (Lipinski definition) is 1. The Morgan fingerprint density at radius 2 is 2.25 bits per heavy atom. The predicted octanol–water partition coefficient (Wildman–Crippen LogP) is 2.01. The Labute approximate surface area is 52.5 Å². The second-order valence-corrected chi connectivity index (χ2v) is 2.39. The van der Waals surface area contributed by atoms with E-state index in [2.05, 4.69) is 0 Å². The SMILES string of the molecule is [2H][C@@H](CC(C)=O)C(C)C. The van der Waals surface area contributed by atoms with E-state index >= 15 is 0 Å². The van der Waals surface area contributed by atoms with E-state index in [1.807, 2.05) is 13.8 Å². The summed E-state index contributed by atoms with van der Waals surface area (Å²) in [4.78, 5) is 10.4. The average Bonchev–Trinajstić information content (AvgIpc) is 1.63. The van der Waals surface area contributed by atoms with Crippen LogP contribution >= 0.6 is 0 Å². The lowest BCUT2D eigenvalue weighted by Gasteiger charge is -1.98. The Kier molecular flexibility index (Phi) is 2.64. The quantitative estimate of drug-likeness (QED) is 0.550. The molecule has 0 aliphatic heterocycles. The van der Waals surface area contributed by atoms with Crippen LogP contribution in [0.4, 0.5) is 0 Å². The Morgan fingerprint density at radius 3 is 2.38 bits per heavy atom. The molecule has 0 aliphatic carbocycles. The standard InChI is InChI=1S/C7H14O/c1-6(2)4-5-7(3)8/h6H,4-5H2,1-3H3/i4D/t4-/m0/s1. The minimum atomic E-state index is -0.206. The zero-order valence-electron chi connectivity index (χ0n) is 6.77. The summed E-state index contributed by atoms with van der Waals surface area (Å²) in [5.41, 5.74) is 0. The van der Waals surface area contributed by atoms with E-state index in [0.717, 1.165) is 0 Å². The highest BCUT2D eigenvalue weighted by molar-refractivity contribution is 5.75. The van der Waals surface area contributed by atoms with Crippen LogP contribution in [-0.2, 0) is 4.79 Å². The van der Waals surface area contributed by atoms with E-state index in [4.69, 9.17) is 1.37 Å². The van der Waals surface area contributed by atoms with Crippen LogP contribution in [0.25, 0.3) is 0 Å². The van der Waals surface area contributed by atoms with Gasteiger partial charge in [-0.2, -0.15) is 0 Å². The maximum atomic E-state index is 10.4. The monoisotopic (exact) mass is 115 g/mol. The minimum absolute atomic E-state index is 0.115. The maximum absolute atomic E-state index is 10.4. The van der Waals surface area contributed by atoms with Crippen LogP contribution in [0.15, 0.2) is 0 Å². The van der Waals surface area contributed by atoms with E-state index in [-0.39, 0.29) is 12.2 Å². The molecule has 0 aromatic carbocycles. The molecule has 8 heavy (non-hydrogen) atoms. The van der Waals surface area contributed by atoms with E-state index in [1.54, 1.807) is 0 Å². The number of ketones is 1. The van der Waals surface area contributed by atoms with Crippen molar-refractivity contribution in [2.75, 3.05) is 0 Å². The molecule has 0 unspecified atom stereocenters. The molecule has 0 amide bonds. The van der Waals surface area contributed by atoms with Crippen LogP contribution in [0.5, 0.6) is 0 Å². The third kappa shape index (κ3) is 5.67. The molecule has 0 N–H and O–H groups in total. The minimum Gasteiger partial charge on any atom is -0.300 e. The van der Waals surface area contributed by atoms with Crippen LogP contribution in [0.1, 0.15) is 35.0 Å². The van der Waals surface area contributed by atoms with Gasteiger partial charge >= 0.3 is 0 Å². The average molecular weight is 115 g/mol. The first-order valence-electron chi connectivity index (χ1n) is 3.53. The van der Waals surface area contributed by atoms with Gasteiger partial charge in [0.2, 0.25) is 0 Å². The summed E-state index contributed by atoms with van der Waals surface area (Å²) < 4.78 is 7.34. The number of carbonyl (C=O) groups excluding carboxylic acids is 1. The second kappa shape index (κ2) is 3.65. The highest BCUT2D eigenvalue weighted by Crippen LogP contribution is 2.02. The molecule has 1 heteroatoms. The van der Waals surface area contributed by atoms with Crippen molar-refractivity contribution in [1.29, 1.82) is 0 Å². The number of hydrogen-bond donors (Lipinski definition) is 0. The molecule has 0 bridgehead atoms. The van der Waals surface area contributed by atoms with Crippen LogP contribution in [0.3, 0.4) is 0 Å². The molecule has 0 rings (SSSR count). The van der Waals surface area contributed by atoms with Crippen molar-refractivity contribution < 1.29 is 6.17 Å².